The minimum absolute atomic E-state index is 0.162. The van der Waals surface area contributed by atoms with Crippen molar-refractivity contribution in [3.05, 3.63) is 45.6 Å². The highest BCUT2D eigenvalue weighted by Gasteiger charge is 2.11. The standard InChI is InChI=1S/C15H18ClNOS/c1-10(2)18-13-7-5-4-6-12(13)17-11(3)14-8-9-15(16)19-14/h4-11,17H,1-3H3. The molecule has 19 heavy (non-hydrogen) atoms. The molecule has 102 valence electrons. The van der Waals surface area contributed by atoms with Crippen LogP contribution in [0.3, 0.4) is 0 Å². The molecule has 0 saturated heterocycles. The predicted octanol–water partition coefficient (Wildman–Crippen LogP) is 5.36. The summed E-state index contributed by atoms with van der Waals surface area (Å²) in [6.45, 7) is 6.17. The van der Waals surface area contributed by atoms with Gasteiger partial charge in [0.2, 0.25) is 0 Å². The van der Waals surface area contributed by atoms with Crippen LogP contribution in [0, 0.1) is 0 Å². The Balaban J connectivity index is 2.14. The lowest BCUT2D eigenvalue weighted by atomic mass is 10.2. The van der Waals surface area contributed by atoms with Gasteiger partial charge in [-0.1, -0.05) is 23.7 Å². The minimum Gasteiger partial charge on any atom is -0.489 e. The molecule has 0 fully saturated rings. The molecule has 0 aliphatic rings. The molecule has 0 amide bonds. The van der Waals surface area contributed by atoms with E-state index in [1.807, 2.05) is 44.2 Å². The minimum atomic E-state index is 0.162. The predicted molar refractivity (Wildman–Crippen MR) is 83.6 cm³/mol. The maximum atomic E-state index is 5.97. The fraction of sp³-hybridized carbons (Fsp3) is 0.333. The van der Waals surface area contributed by atoms with Gasteiger partial charge in [-0.25, -0.2) is 0 Å². The molecule has 1 unspecified atom stereocenters. The van der Waals surface area contributed by atoms with Crippen molar-refractivity contribution in [1.29, 1.82) is 0 Å². The first kappa shape index (κ1) is 14.2. The number of anilines is 1. The maximum Gasteiger partial charge on any atom is 0.142 e. The van der Waals surface area contributed by atoms with E-state index in [0.717, 1.165) is 15.8 Å². The van der Waals surface area contributed by atoms with Crippen molar-refractivity contribution in [2.24, 2.45) is 0 Å². The van der Waals surface area contributed by atoms with Gasteiger partial charge in [-0.2, -0.15) is 0 Å². The quantitative estimate of drug-likeness (QED) is 0.801. The lowest BCUT2D eigenvalue weighted by molar-refractivity contribution is 0.243. The summed E-state index contributed by atoms with van der Waals surface area (Å²) in [7, 11) is 0. The molecule has 1 aromatic heterocycles. The average Bonchev–Trinajstić information content (AvgIpc) is 2.78. The second-order valence-electron chi connectivity index (χ2n) is 4.67. The summed E-state index contributed by atoms with van der Waals surface area (Å²) in [5, 5.41) is 3.47. The van der Waals surface area contributed by atoms with Crippen molar-refractivity contribution in [2.45, 2.75) is 32.9 Å². The first-order valence-electron chi connectivity index (χ1n) is 6.33. The van der Waals surface area contributed by atoms with Crippen LogP contribution < -0.4 is 10.1 Å². The Morgan fingerprint density at radius 1 is 1.11 bits per heavy atom. The fourth-order valence-electron chi connectivity index (χ4n) is 1.81. The molecule has 2 rings (SSSR count). The summed E-state index contributed by atoms with van der Waals surface area (Å²) in [5.41, 5.74) is 1.01. The molecule has 1 N–H and O–H groups in total. The molecule has 0 radical (unpaired) electrons. The molecular weight excluding hydrogens is 278 g/mol. The van der Waals surface area contributed by atoms with Crippen molar-refractivity contribution < 1.29 is 4.74 Å². The van der Waals surface area contributed by atoms with Gasteiger partial charge in [0.1, 0.15) is 5.75 Å². The lowest BCUT2D eigenvalue weighted by Gasteiger charge is -2.18. The Bertz CT molecular complexity index is 538. The molecule has 1 aromatic carbocycles. The molecule has 1 atom stereocenters. The Labute approximate surface area is 123 Å². The zero-order chi connectivity index (χ0) is 13.8. The fourth-order valence-corrected chi connectivity index (χ4v) is 2.87. The number of benzene rings is 1. The third-order valence-corrected chi connectivity index (χ3v) is 4.06. The van der Waals surface area contributed by atoms with E-state index in [4.69, 9.17) is 16.3 Å². The molecule has 0 saturated carbocycles. The van der Waals surface area contributed by atoms with Gasteiger partial charge in [0, 0.05) is 4.88 Å². The molecule has 0 aliphatic carbocycles. The number of thiophene rings is 1. The van der Waals surface area contributed by atoms with Gasteiger partial charge in [0.25, 0.3) is 0 Å². The number of nitrogens with one attached hydrogen (secondary N) is 1. The Hall–Kier alpha value is -1.19. The van der Waals surface area contributed by atoms with Gasteiger partial charge in [-0.3, -0.25) is 0 Å². The van der Waals surface area contributed by atoms with E-state index < -0.39 is 0 Å². The van der Waals surface area contributed by atoms with E-state index >= 15 is 0 Å². The maximum absolute atomic E-state index is 5.97. The Morgan fingerprint density at radius 2 is 1.84 bits per heavy atom. The van der Waals surface area contributed by atoms with Crippen molar-refractivity contribution in [3.63, 3.8) is 0 Å². The van der Waals surface area contributed by atoms with E-state index in [1.165, 1.54) is 4.88 Å². The van der Waals surface area contributed by atoms with E-state index in [1.54, 1.807) is 11.3 Å². The molecule has 1 heterocycles. The summed E-state index contributed by atoms with van der Waals surface area (Å²) < 4.78 is 6.62. The summed E-state index contributed by atoms with van der Waals surface area (Å²) >= 11 is 7.57. The zero-order valence-electron chi connectivity index (χ0n) is 11.3. The second kappa shape index (κ2) is 6.31. The van der Waals surface area contributed by atoms with E-state index in [0.29, 0.717) is 0 Å². The SMILES string of the molecule is CC(C)Oc1ccccc1NC(C)c1ccc(Cl)s1. The van der Waals surface area contributed by atoms with Gasteiger partial charge in [-0.15, -0.1) is 11.3 Å². The number of halogens is 1. The molecular formula is C15H18ClNOS. The Morgan fingerprint density at radius 3 is 2.47 bits per heavy atom. The third kappa shape index (κ3) is 3.88. The number of hydrogen-bond acceptors (Lipinski definition) is 3. The van der Waals surface area contributed by atoms with Crippen LogP contribution in [0.25, 0.3) is 0 Å². The topological polar surface area (TPSA) is 21.3 Å². The summed E-state index contributed by atoms with van der Waals surface area (Å²) in [6, 6.07) is 12.2. The molecule has 0 aliphatic heterocycles. The van der Waals surface area contributed by atoms with Gasteiger partial charge < -0.3 is 10.1 Å². The van der Waals surface area contributed by atoms with Gasteiger partial charge >= 0.3 is 0 Å². The van der Waals surface area contributed by atoms with Crippen LogP contribution in [0.1, 0.15) is 31.7 Å². The molecule has 0 bridgehead atoms. The normalized spacial score (nSPS) is 12.5. The van der Waals surface area contributed by atoms with Crippen LogP contribution in [0.15, 0.2) is 36.4 Å². The first-order chi connectivity index (χ1) is 9.06. The number of para-hydroxylation sites is 2. The van der Waals surface area contributed by atoms with E-state index in [2.05, 4.69) is 18.3 Å². The largest absolute Gasteiger partial charge is 0.489 e. The number of hydrogen-bond donors (Lipinski definition) is 1. The summed E-state index contributed by atoms with van der Waals surface area (Å²) in [6.07, 6.45) is 0.162. The number of rotatable bonds is 5. The molecule has 4 heteroatoms. The van der Waals surface area contributed by atoms with Crippen LogP contribution >= 0.6 is 22.9 Å². The number of ether oxygens (including phenoxy) is 1. The lowest BCUT2D eigenvalue weighted by Crippen LogP contribution is -2.10. The van der Waals surface area contributed by atoms with E-state index in [-0.39, 0.29) is 12.1 Å². The van der Waals surface area contributed by atoms with Gasteiger partial charge in [0.05, 0.1) is 22.2 Å². The van der Waals surface area contributed by atoms with Crippen molar-refractivity contribution in [2.75, 3.05) is 5.32 Å². The molecule has 2 nitrogen and oxygen atoms in total. The highest BCUT2D eigenvalue weighted by atomic mass is 35.5. The Kier molecular flexibility index (Phi) is 4.72. The van der Waals surface area contributed by atoms with Crippen molar-refractivity contribution in [1.82, 2.24) is 0 Å². The summed E-state index contributed by atoms with van der Waals surface area (Å²) in [5.74, 6) is 0.881. The van der Waals surface area contributed by atoms with Crippen LogP contribution in [0.2, 0.25) is 4.34 Å². The van der Waals surface area contributed by atoms with Crippen LogP contribution in [-0.2, 0) is 0 Å². The summed E-state index contributed by atoms with van der Waals surface area (Å²) in [4.78, 5) is 1.21. The molecule has 0 spiro atoms. The highest BCUT2D eigenvalue weighted by Crippen LogP contribution is 2.32. The van der Waals surface area contributed by atoms with Crippen LogP contribution in [0.4, 0.5) is 5.69 Å². The monoisotopic (exact) mass is 295 g/mol. The van der Waals surface area contributed by atoms with Crippen LogP contribution in [0.5, 0.6) is 5.75 Å². The molecule has 2 aromatic rings. The average molecular weight is 296 g/mol. The van der Waals surface area contributed by atoms with Crippen molar-refractivity contribution in [3.8, 4) is 5.75 Å². The highest BCUT2D eigenvalue weighted by molar-refractivity contribution is 7.16. The van der Waals surface area contributed by atoms with Crippen molar-refractivity contribution >= 4 is 28.6 Å². The van der Waals surface area contributed by atoms with Gasteiger partial charge in [0.15, 0.2) is 0 Å². The first-order valence-corrected chi connectivity index (χ1v) is 7.53. The van der Waals surface area contributed by atoms with Gasteiger partial charge in [-0.05, 0) is 45.0 Å². The second-order valence-corrected chi connectivity index (χ2v) is 6.42. The smallest absolute Gasteiger partial charge is 0.142 e. The third-order valence-electron chi connectivity index (χ3n) is 2.64. The van der Waals surface area contributed by atoms with Crippen LogP contribution in [-0.4, -0.2) is 6.10 Å². The van der Waals surface area contributed by atoms with E-state index in [9.17, 15) is 0 Å². The zero-order valence-corrected chi connectivity index (χ0v) is 12.9.